The molecule has 1 heterocycles. The molecule has 0 saturated heterocycles. The minimum absolute atomic E-state index is 0.235. The van der Waals surface area contributed by atoms with Gasteiger partial charge in [0.1, 0.15) is 0 Å². The van der Waals surface area contributed by atoms with Gasteiger partial charge in [-0.25, -0.2) is 4.98 Å². The lowest BCUT2D eigenvalue weighted by Crippen LogP contribution is -2.42. The summed E-state index contributed by atoms with van der Waals surface area (Å²) in [5.74, 6) is -0.257. The maximum atomic E-state index is 12.1. The second-order valence-corrected chi connectivity index (χ2v) is 4.57. The van der Waals surface area contributed by atoms with Crippen molar-refractivity contribution in [2.75, 3.05) is 18.8 Å². The molecule has 0 aromatic carbocycles. The van der Waals surface area contributed by atoms with Gasteiger partial charge in [-0.05, 0) is 32.9 Å². The minimum Gasteiger partial charge on any atom is -0.397 e. The van der Waals surface area contributed by atoms with Gasteiger partial charge in [0.25, 0.3) is 5.91 Å². The summed E-state index contributed by atoms with van der Waals surface area (Å²) in [6, 6.07) is 3.32. The Balaban J connectivity index is 2.91. The third kappa shape index (κ3) is 3.71. The van der Waals surface area contributed by atoms with Gasteiger partial charge in [0.2, 0.25) is 0 Å². The molecule has 94 valence electrons. The number of carbonyl (C=O) groups excluding carboxylic acids is 1. The fourth-order valence-corrected chi connectivity index (χ4v) is 1.54. The highest BCUT2D eigenvalue weighted by Gasteiger charge is 2.24. The molecule has 5 heteroatoms. The summed E-state index contributed by atoms with van der Waals surface area (Å²) in [6.07, 6.45) is 1.53. The van der Waals surface area contributed by atoms with E-state index in [0.29, 0.717) is 12.2 Å². The van der Waals surface area contributed by atoms with E-state index in [4.69, 9.17) is 5.73 Å². The van der Waals surface area contributed by atoms with Crippen molar-refractivity contribution < 1.29 is 9.90 Å². The first-order valence-corrected chi connectivity index (χ1v) is 5.57. The monoisotopic (exact) mass is 237 g/mol. The highest BCUT2D eigenvalue weighted by molar-refractivity contribution is 5.97. The fraction of sp³-hybridized carbons (Fsp3) is 0.500. The van der Waals surface area contributed by atoms with E-state index in [2.05, 4.69) is 4.98 Å². The number of carbonyl (C=O) groups is 1. The second kappa shape index (κ2) is 5.14. The van der Waals surface area contributed by atoms with E-state index in [1.807, 2.05) is 6.92 Å². The molecule has 17 heavy (non-hydrogen) atoms. The van der Waals surface area contributed by atoms with E-state index < -0.39 is 5.60 Å². The van der Waals surface area contributed by atoms with Crippen LogP contribution in [0.2, 0.25) is 0 Å². The van der Waals surface area contributed by atoms with Crippen molar-refractivity contribution in [2.45, 2.75) is 26.4 Å². The van der Waals surface area contributed by atoms with Gasteiger partial charge < -0.3 is 15.7 Å². The van der Waals surface area contributed by atoms with Gasteiger partial charge in [0.15, 0.2) is 5.69 Å². The molecule has 0 fully saturated rings. The van der Waals surface area contributed by atoms with Crippen LogP contribution in [-0.2, 0) is 0 Å². The van der Waals surface area contributed by atoms with Crippen LogP contribution in [0, 0.1) is 0 Å². The molecule has 1 aromatic rings. The maximum Gasteiger partial charge on any atom is 0.274 e. The van der Waals surface area contributed by atoms with Gasteiger partial charge in [-0.1, -0.05) is 0 Å². The zero-order valence-corrected chi connectivity index (χ0v) is 10.5. The summed E-state index contributed by atoms with van der Waals surface area (Å²) in [6.45, 7) is 5.91. The van der Waals surface area contributed by atoms with Crippen LogP contribution in [0.5, 0.6) is 0 Å². The highest BCUT2D eigenvalue weighted by atomic mass is 16.3. The molecule has 0 bridgehead atoms. The fourth-order valence-electron chi connectivity index (χ4n) is 1.54. The Labute approximate surface area is 101 Å². The number of nitrogens with two attached hydrogens (primary N) is 1. The number of aromatic nitrogens is 1. The largest absolute Gasteiger partial charge is 0.397 e. The quantitative estimate of drug-likeness (QED) is 0.815. The van der Waals surface area contributed by atoms with Crippen LogP contribution >= 0.6 is 0 Å². The topological polar surface area (TPSA) is 79.5 Å². The Morgan fingerprint density at radius 2 is 2.24 bits per heavy atom. The molecule has 1 amide bonds. The summed E-state index contributed by atoms with van der Waals surface area (Å²) >= 11 is 0. The molecule has 0 aliphatic carbocycles. The summed E-state index contributed by atoms with van der Waals surface area (Å²) in [7, 11) is 0. The molecular formula is C12H19N3O2. The van der Waals surface area contributed by atoms with Crippen LogP contribution < -0.4 is 5.73 Å². The predicted molar refractivity (Wildman–Crippen MR) is 66.5 cm³/mol. The number of hydrogen-bond acceptors (Lipinski definition) is 4. The Morgan fingerprint density at radius 3 is 2.71 bits per heavy atom. The average Bonchev–Trinajstić information content (AvgIpc) is 2.24. The summed E-state index contributed by atoms with van der Waals surface area (Å²) in [4.78, 5) is 17.7. The molecular weight excluding hydrogens is 218 g/mol. The first-order valence-electron chi connectivity index (χ1n) is 5.57. The molecule has 0 saturated carbocycles. The van der Waals surface area contributed by atoms with Crippen LogP contribution in [0.25, 0.3) is 0 Å². The lowest BCUT2D eigenvalue weighted by molar-refractivity contribution is 0.0312. The zero-order valence-electron chi connectivity index (χ0n) is 10.5. The Bertz CT molecular complexity index is 399. The van der Waals surface area contributed by atoms with Gasteiger partial charge in [0, 0.05) is 19.3 Å². The lowest BCUT2D eigenvalue weighted by Gasteiger charge is -2.28. The summed E-state index contributed by atoms with van der Waals surface area (Å²) in [5.41, 5.74) is 5.36. The van der Waals surface area contributed by atoms with Gasteiger partial charge in [-0.3, -0.25) is 4.79 Å². The normalized spacial score (nSPS) is 11.3. The number of rotatable bonds is 4. The van der Waals surface area contributed by atoms with Gasteiger partial charge >= 0.3 is 0 Å². The number of amides is 1. The molecule has 0 aliphatic heterocycles. The zero-order chi connectivity index (χ0) is 13.1. The average molecular weight is 237 g/mol. The van der Waals surface area contributed by atoms with Crippen molar-refractivity contribution in [3.63, 3.8) is 0 Å². The Morgan fingerprint density at radius 1 is 1.59 bits per heavy atom. The lowest BCUT2D eigenvalue weighted by atomic mass is 10.1. The van der Waals surface area contributed by atoms with E-state index >= 15 is 0 Å². The summed E-state index contributed by atoms with van der Waals surface area (Å²) in [5, 5.41) is 9.74. The third-order valence-corrected chi connectivity index (χ3v) is 2.29. The van der Waals surface area contributed by atoms with Crippen LogP contribution in [0.3, 0.4) is 0 Å². The molecule has 1 rings (SSSR count). The third-order valence-electron chi connectivity index (χ3n) is 2.29. The van der Waals surface area contributed by atoms with E-state index in [-0.39, 0.29) is 18.1 Å². The molecule has 0 aliphatic rings. The first kappa shape index (κ1) is 13.4. The van der Waals surface area contributed by atoms with Crippen molar-refractivity contribution in [3.05, 3.63) is 24.0 Å². The van der Waals surface area contributed by atoms with E-state index in [0.717, 1.165) is 0 Å². The van der Waals surface area contributed by atoms with Gasteiger partial charge in [-0.15, -0.1) is 0 Å². The number of nitrogens with zero attached hydrogens (tertiary/aromatic N) is 2. The maximum absolute atomic E-state index is 12.1. The van der Waals surface area contributed by atoms with Crippen LogP contribution in [0.1, 0.15) is 31.3 Å². The second-order valence-electron chi connectivity index (χ2n) is 4.57. The highest BCUT2D eigenvalue weighted by Crippen LogP contribution is 2.13. The van der Waals surface area contributed by atoms with E-state index in [1.54, 1.807) is 26.0 Å². The molecule has 0 atom stereocenters. The van der Waals surface area contributed by atoms with Crippen molar-refractivity contribution in [1.82, 2.24) is 9.88 Å². The van der Waals surface area contributed by atoms with Crippen molar-refractivity contribution >= 4 is 11.6 Å². The Hall–Kier alpha value is -1.62. The number of nitrogen functional groups attached to an aromatic ring is 1. The predicted octanol–water partition coefficient (Wildman–Crippen LogP) is 0.897. The number of hydrogen-bond donors (Lipinski definition) is 2. The standard InChI is InChI=1S/C12H19N3O2/c1-4-15(8-12(2,3)17)11(16)10-9(13)6-5-7-14-10/h5-7,17H,4,8,13H2,1-3H3. The number of likely N-dealkylation sites (N-methyl/N-ethyl adjacent to an activating group) is 1. The van der Waals surface area contributed by atoms with Crippen molar-refractivity contribution in [3.8, 4) is 0 Å². The Kier molecular flexibility index (Phi) is 4.07. The SMILES string of the molecule is CCN(CC(C)(C)O)C(=O)c1ncccc1N. The molecule has 0 radical (unpaired) electrons. The number of anilines is 1. The molecule has 3 N–H and O–H groups in total. The minimum atomic E-state index is -0.935. The van der Waals surface area contributed by atoms with Crippen molar-refractivity contribution in [1.29, 1.82) is 0 Å². The molecule has 1 aromatic heterocycles. The smallest absolute Gasteiger partial charge is 0.274 e. The van der Waals surface area contributed by atoms with Crippen LogP contribution in [0.4, 0.5) is 5.69 Å². The van der Waals surface area contributed by atoms with Gasteiger partial charge in [-0.2, -0.15) is 0 Å². The van der Waals surface area contributed by atoms with Gasteiger partial charge in [0.05, 0.1) is 11.3 Å². The first-order chi connectivity index (χ1) is 7.85. The van der Waals surface area contributed by atoms with Crippen LogP contribution in [-0.4, -0.2) is 39.6 Å². The number of aliphatic hydroxyl groups is 1. The molecule has 0 spiro atoms. The van der Waals surface area contributed by atoms with Crippen LogP contribution in [0.15, 0.2) is 18.3 Å². The van der Waals surface area contributed by atoms with E-state index in [1.165, 1.54) is 11.1 Å². The van der Waals surface area contributed by atoms with E-state index in [9.17, 15) is 9.90 Å². The summed E-state index contributed by atoms with van der Waals surface area (Å²) < 4.78 is 0. The molecule has 0 unspecified atom stereocenters. The van der Waals surface area contributed by atoms with Crippen molar-refractivity contribution in [2.24, 2.45) is 0 Å². The number of pyridine rings is 1. The molecule has 5 nitrogen and oxygen atoms in total.